The topological polar surface area (TPSA) is 41.1 Å². The Labute approximate surface area is 149 Å². The van der Waals surface area contributed by atoms with Crippen LogP contribution in [-0.4, -0.2) is 41.0 Å². The van der Waals surface area contributed by atoms with E-state index in [1.54, 1.807) is 6.92 Å². The predicted molar refractivity (Wildman–Crippen MR) is 91.3 cm³/mol. The lowest BCUT2D eigenvalue weighted by atomic mass is 9.99. The van der Waals surface area contributed by atoms with Crippen molar-refractivity contribution in [1.29, 1.82) is 0 Å². The first kappa shape index (κ1) is 18.6. The average molecular weight is 368 g/mol. The van der Waals surface area contributed by atoms with E-state index in [4.69, 9.17) is 0 Å². The molecule has 8 heteroatoms. The van der Waals surface area contributed by atoms with Gasteiger partial charge in [-0.2, -0.15) is 13.2 Å². The molecule has 1 fully saturated rings. The minimum absolute atomic E-state index is 0.126. The number of likely N-dealkylation sites (tertiary alicyclic amines) is 1. The third-order valence-electron chi connectivity index (χ3n) is 4.72. The second-order valence-electron chi connectivity index (χ2n) is 6.54. The fourth-order valence-corrected chi connectivity index (χ4v) is 3.25. The number of alkyl halides is 3. The normalized spacial score (nSPS) is 18.3. The predicted octanol–water partition coefficient (Wildman–Crippen LogP) is 4.12. The molecule has 0 amide bonds. The number of anilines is 1. The van der Waals surface area contributed by atoms with Crippen molar-refractivity contribution in [2.24, 2.45) is 0 Å². The zero-order valence-electron chi connectivity index (χ0n) is 14.6. The SMILES string of the molecule is Cc1nc(NC[C@@H]2CCCN2C)ncc1-c1ccc(F)cc1C(F)(F)F. The Morgan fingerprint density at radius 3 is 2.65 bits per heavy atom. The van der Waals surface area contributed by atoms with Crippen LogP contribution in [0.1, 0.15) is 24.1 Å². The molecule has 140 valence electrons. The van der Waals surface area contributed by atoms with Crippen molar-refractivity contribution in [1.82, 2.24) is 14.9 Å². The van der Waals surface area contributed by atoms with Crippen LogP contribution in [0.2, 0.25) is 0 Å². The first-order valence-electron chi connectivity index (χ1n) is 8.40. The number of hydrogen-bond donors (Lipinski definition) is 1. The molecule has 2 aromatic rings. The molecule has 26 heavy (non-hydrogen) atoms. The Morgan fingerprint density at radius 2 is 2.04 bits per heavy atom. The van der Waals surface area contributed by atoms with Gasteiger partial charge in [-0.1, -0.05) is 6.07 Å². The van der Waals surface area contributed by atoms with Crippen molar-refractivity contribution < 1.29 is 17.6 Å². The third kappa shape index (κ3) is 3.95. The van der Waals surface area contributed by atoms with Crippen LogP contribution < -0.4 is 5.32 Å². The summed E-state index contributed by atoms with van der Waals surface area (Å²) in [4.78, 5) is 10.7. The summed E-state index contributed by atoms with van der Waals surface area (Å²) >= 11 is 0. The maximum Gasteiger partial charge on any atom is 0.417 e. The fourth-order valence-electron chi connectivity index (χ4n) is 3.25. The van der Waals surface area contributed by atoms with Gasteiger partial charge in [-0.3, -0.25) is 0 Å². The van der Waals surface area contributed by atoms with Crippen molar-refractivity contribution in [3.05, 3.63) is 41.5 Å². The number of benzene rings is 1. The Balaban J connectivity index is 1.84. The zero-order chi connectivity index (χ0) is 18.9. The number of rotatable bonds is 4. The number of nitrogens with zero attached hydrogens (tertiary/aromatic N) is 3. The molecule has 3 rings (SSSR count). The van der Waals surface area contributed by atoms with Gasteiger partial charge in [0.1, 0.15) is 5.82 Å². The van der Waals surface area contributed by atoms with E-state index in [9.17, 15) is 17.6 Å². The molecule has 0 bridgehead atoms. The lowest BCUT2D eigenvalue weighted by molar-refractivity contribution is -0.137. The zero-order valence-corrected chi connectivity index (χ0v) is 14.6. The summed E-state index contributed by atoms with van der Waals surface area (Å²) in [6.45, 7) is 3.35. The maximum atomic E-state index is 13.3. The molecule has 0 radical (unpaired) electrons. The minimum atomic E-state index is -4.66. The highest BCUT2D eigenvalue weighted by molar-refractivity contribution is 5.69. The average Bonchev–Trinajstić information content (AvgIpc) is 2.98. The summed E-state index contributed by atoms with van der Waals surface area (Å²) in [6.07, 6.45) is -1.07. The largest absolute Gasteiger partial charge is 0.417 e. The van der Waals surface area contributed by atoms with E-state index in [-0.39, 0.29) is 11.1 Å². The number of halogens is 4. The Kier molecular flexibility index (Phi) is 5.13. The molecule has 4 nitrogen and oxygen atoms in total. The molecule has 0 aliphatic carbocycles. The molecule has 1 aromatic carbocycles. The summed E-state index contributed by atoms with van der Waals surface area (Å²) in [5.41, 5.74) is -0.517. The Bertz CT molecular complexity index is 791. The van der Waals surface area contributed by atoms with Crippen molar-refractivity contribution in [3.63, 3.8) is 0 Å². The van der Waals surface area contributed by atoms with E-state index in [2.05, 4.69) is 27.2 Å². The van der Waals surface area contributed by atoms with E-state index in [1.807, 2.05) is 0 Å². The van der Waals surface area contributed by atoms with Crippen LogP contribution in [0, 0.1) is 12.7 Å². The van der Waals surface area contributed by atoms with Gasteiger partial charge in [0.2, 0.25) is 5.95 Å². The second-order valence-corrected chi connectivity index (χ2v) is 6.54. The molecule has 1 aromatic heterocycles. The summed E-state index contributed by atoms with van der Waals surface area (Å²) in [6, 6.07) is 3.01. The van der Waals surface area contributed by atoms with Gasteiger partial charge in [0.15, 0.2) is 0 Å². The van der Waals surface area contributed by atoms with Crippen LogP contribution in [0.4, 0.5) is 23.5 Å². The van der Waals surface area contributed by atoms with Crippen LogP contribution in [0.25, 0.3) is 11.1 Å². The van der Waals surface area contributed by atoms with Gasteiger partial charge >= 0.3 is 6.18 Å². The number of likely N-dealkylation sites (N-methyl/N-ethyl adjacent to an activating group) is 1. The molecular formula is C18H20F4N4. The van der Waals surface area contributed by atoms with E-state index < -0.39 is 17.6 Å². The summed E-state index contributed by atoms with van der Waals surface area (Å²) in [5, 5.41) is 3.14. The van der Waals surface area contributed by atoms with E-state index in [0.717, 1.165) is 31.5 Å². The van der Waals surface area contributed by atoms with Gasteiger partial charge in [0.25, 0.3) is 0 Å². The Hall–Kier alpha value is -2.22. The standard InChI is InChI=1S/C18H20F4N4/c1-11-15(14-6-5-12(19)8-16(14)18(20,21)22)10-24-17(25-11)23-9-13-4-3-7-26(13)2/h5-6,8,10,13H,3-4,7,9H2,1-2H3,(H,23,24,25)/t13-/m0/s1. The van der Waals surface area contributed by atoms with Crippen LogP contribution in [0.3, 0.4) is 0 Å². The highest BCUT2D eigenvalue weighted by Gasteiger charge is 2.34. The van der Waals surface area contributed by atoms with Gasteiger partial charge in [-0.15, -0.1) is 0 Å². The monoisotopic (exact) mass is 368 g/mol. The highest BCUT2D eigenvalue weighted by atomic mass is 19.4. The lowest BCUT2D eigenvalue weighted by Crippen LogP contribution is -2.32. The van der Waals surface area contributed by atoms with E-state index >= 15 is 0 Å². The summed E-state index contributed by atoms with van der Waals surface area (Å²) in [5.74, 6) is -0.555. The molecular weight excluding hydrogens is 348 g/mol. The molecule has 2 heterocycles. The first-order valence-corrected chi connectivity index (χ1v) is 8.40. The lowest BCUT2D eigenvalue weighted by Gasteiger charge is -2.20. The quantitative estimate of drug-likeness (QED) is 0.825. The molecule has 1 atom stereocenters. The van der Waals surface area contributed by atoms with Gasteiger partial charge in [-0.05, 0) is 51.1 Å². The Morgan fingerprint density at radius 1 is 1.27 bits per heavy atom. The van der Waals surface area contributed by atoms with E-state index in [1.165, 1.54) is 6.20 Å². The van der Waals surface area contributed by atoms with Crippen LogP contribution in [0.15, 0.2) is 24.4 Å². The van der Waals surface area contributed by atoms with Gasteiger partial charge in [0.05, 0.1) is 11.3 Å². The second kappa shape index (κ2) is 7.19. The van der Waals surface area contributed by atoms with Crippen molar-refractivity contribution >= 4 is 5.95 Å². The molecule has 1 aliphatic rings. The summed E-state index contributed by atoms with van der Waals surface area (Å²) < 4.78 is 53.0. The van der Waals surface area contributed by atoms with Crippen LogP contribution in [-0.2, 0) is 6.18 Å². The molecule has 1 aliphatic heterocycles. The van der Waals surface area contributed by atoms with Gasteiger partial charge in [-0.25, -0.2) is 14.4 Å². The molecule has 1 saturated heterocycles. The highest BCUT2D eigenvalue weighted by Crippen LogP contribution is 2.38. The minimum Gasteiger partial charge on any atom is -0.353 e. The molecule has 0 spiro atoms. The van der Waals surface area contributed by atoms with Crippen LogP contribution in [0.5, 0.6) is 0 Å². The van der Waals surface area contributed by atoms with Crippen LogP contribution >= 0.6 is 0 Å². The molecule has 1 N–H and O–H groups in total. The fraction of sp³-hybridized carbons (Fsp3) is 0.444. The molecule has 0 saturated carbocycles. The van der Waals surface area contributed by atoms with Crippen molar-refractivity contribution in [3.8, 4) is 11.1 Å². The smallest absolute Gasteiger partial charge is 0.353 e. The number of hydrogen-bond acceptors (Lipinski definition) is 4. The van der Waals surface area contributed by atoms with Crippen molar-refractivity contribution in [2.75, 3.05) is 25.5 Å². The van der Waals surface area contributed by atoms with Gasteiger partial charge in [0, 0.05) is 24.3 Å². The number of nitrogens with one attached hydrogen (secondary N) is 1. The molecule has 0 unspecified atom stereocenters. The number of aromatic nitrogens is 2. The maximum absolute atomic E-state index is 13.3. The first-order chi connectivity index (χ1) is 12.3. The van der Waals surface area contributed by atoms with Gasteiger partial charge < -0.3 is 10.2 Å². The third-order valence-corrected chi connectivity index (χ3v) is 4.72. The summed E-state index contributed by atoms with van der Waals surface area (Å²) in [7, 11) is 2.06. The van der Waals surface area contributed by atoms with E-state index in [0.29, 0.717) is 30.3 Å². The number of aryl methyl sites for hydroxylation is 1. The van der Waals surface area contributed by atoms with Crippen molar-refractivity contribution in [2.45, 2.75) is 32.0 Å².